The molecule has 0 spiro atoms. The van der Waals surface area contributed by atoms with Crippen molar-refractivity contribution < 1.29 is 13.2 Å². The number of halogens is 3. The van der Waals surface area contributed by atoms with E-state index in [4.69, 9.17) is 5.26 Å². The van der Waals surface area contributed by atoms with Gasteiger partial charge in [-0.05, 0) is 58.4 Å². The summed E-state index contributed by atoms with van der Waals surface area (Å²) in [7, 11) is 0. The van der Waals surface area contributed by atoms with Gasteiger partial charge >= 0.3 is 0 Å². The van der Waals surface area contributed by atoms with Crippen molar-refractivity contribution in [2.45, 2.75) is 19.3 Å². The Morgan fingerprint density at radius 3 is 1.91 bits per heavy atom. The van der Waals surface area contributed by atoms with Crippen LogP contribution in [-0.2, 0) is 6.42 Å². The SMILES string of the molecule is CC(Cc1ccc(-c2ccc(-c3cc(F)c(C#N)c(F)c3)c(F)c2)cc1)c1ccccc1. The van der Waals surface area contributed by atoms with Crippen molar-refractivity contribution in [3.63, 3.8) is 0 Å². The van der Waals surface area contributed by atoms with Crippen LogP contribution in [-0.4, -0.2) is 0 Å². The molecule has 0 bridgehead atoms. The van der Waals surface area contributed by atoms with Gasteiger partial charge in [-0.15, -0.1) is 0 Å². The predicted octanol–water partition coefficient (Wildman–Crippen LogP) is 7.66. The topological polar surface area (TPSA) is 23.8 Å². The van der Waals surface area contributed by atoms with Gasteiger partial charge in [-0.3, -0.25) is 0 Å². The molecule has 0 aromatic heterocycles. The van der Waals surface area contributed by atoms with E-state index < -0.39 is 23.0 Å². The molecule has 0 radical (unpaired) electrons. The molecule has 1 atom stereocenters. The van der Waals surface area contributed by atoms with Gasteiger partial charge in [0, 0.05) is 5.56 Å². The summed E-state index contributed by atoms with van der Waals surface area (Å²) in [5.41, 5.74) is 3.44. The first-order valence-electron chi connectivity index (χ1n) is 10.3. The zero-order chi connectivity index (χ0) is 22.7. The van der Waals surface area contributed by atoms with Gasteiger partial charge in [-0.2, -0.15) is 5.26 Å². The Morgan fingerprint density at radius 1 is 0.719 bits per heavy atom. The highest BCUT2D eigenvalue weighted by Crippen LogP contribution is 2.30. The normalized spacial score (nSPS) is 11.7. The fourth-order valence-electron chi connectivity index (χ4n) is 3.85. The van der Waals surface area contributed by atoms with E-state index in [1.54, 1.807) is 6.07 Å². The second-order valence-electron chi connectivity index (χ2n) is 7.83. The number of nitriles is 1. The first-order chi connectivity index (χ1) is 15.5. The zero-order valence-electron chi connectivity index (χ0n) is 17.4. The highest BCUT2D eigenvalue weighted by Gasteiger charge is 2.15. The Kier molecular flexibility index (Phi) is 6.09. The summed E-state index contributed by atoms with van der Waals surface area (Å²) in [6.07, 6.45) is 0.896. The maximum Gasteiger partial charge on any atom is 0.144 e. The quantitative estimate of drug-likeness (QED) is 0.321. The molecule has 0 saturated carbocycles. The minimum absolute atomic E-state index is 0.0493. The van der Waals surface area contributed by atoms with Gasteiger partial charge in [0.05, 0.1) is 0 Å². The van der Waals surface area contributed by atoms with Crippen molar-refractivity contribution in [2.24, 2.45) is 0 Å². The molecule has 0 aliphatic heterocycles. The smallest absolute Gasteiger partial charge is 0.144 e. The maximum atomic E-state index is 14.8. The predicted molar refractivity (Wildman–Crippen MR) is 120 cm³/mol. The molecular formula is C28H20F3N. The molecule has 4 rings (SSSR count). The standard InChI is InChI=1S/C28H20F3N/c1-18(20-5-3-2-4-6-20)13-19-7-9-21(10-8-19)22-11-12-24(26(29)14-22)23-15-27(30)25(17-32)28(31)16-23/h2-12,14-16,18H,13H2,1H3. The molecule has 0 saturated heterocycles. The third-order valence-electron chi connectivity index (χ3n) is 5.63. The molecule has 0 heterocycles. The van der Waals surface area contributed by atoms with Gasteiger partial charge < -0.3 is 0 Å². The van der Waals surface area contributed by atoms with Crippen LogP contribution in [0.1, 0.15) is 29.5 Å². The number of nitrogens with zero attached hydrogens (tertiary/aromatic N) is 1. The lowest BCUT2D eigenvalue weighted by Gasteiger charge is -2.13. The lowest BCUT2D eigenvalue weighted by atomic mass is 9.92. The fraction of sp³-hybridized carbons (Fsp3) is 0.107. The van der Waals surface area contributed by atoms with E-state index in [9.17, 15) is 13.2 Å². The number of hydrogen-bond acceptors (Lipinski definition) is 1. The molecule has 158 valence electrons. The van der Waals surface area contributed by atoms with Crippen LogP contribution in [0.5, 0.6) is 0 Å². The average Bonchev–Trinajstić information content (AvgIpc) is 2.80. The summed E-state index contributed by atoms with van der Waals surface area (Å²) in [6.45, 7) is 2.19. The summed E-state index contributed by atoms with van der Waals surface area (Å²) < 4.78 is 42.6. The molecule has 1 unspecified atom stereocenters. The van der Waals surface area contributed by atoms with Gasteiger partial charge in [0.15, 0.2) is 0 Å². The Morgan fingerprint density at radius 2 is 1.31 bits per heavy atom. The lowest BCUT2D eigenvalue weighted by Crippen LogP contribution is -1.98. The molecule has 4 aromatic carbocycles. The lowest BCUT2D eigenvalue weighted by molar-refractivity contribution is 0.577. The Labute approximate surface area is 185 Å². The van der Waals surface area contributed by atoms with Gasteiger partial charge in [-0.1, -0.05) is 73.7 Å². The second kappa shape index (κ2) is 9.11. The largest absolute Gasteiger partial charge is 0.206 e. The first-order valence-corrected chi connectivity index (χ1v) is 10.3. The van der Waals surface area contributed by atoms with Crippen LogP contribution < -0.4 is 0 Å². The van der Waals surface area contributed by atoms with Gasteiger partial charge in [0.1, 0.15) is 29.1 Å². The molecule has 0 N–H and O–H groups in total. The van der Waals surface area contributed by atoms with Gasteiger partial charge in [-0.25, -0.2) is 13.2 Å². The number of rotatable bonds is 5. The van der Waals surface area contributed by atoms with Crippen molar-refractivity contribution in [1.29, 1.82) is 5.26 Å². The molecule has 1 nitrogen and oxygen atoms in total. The van der Waals surface area contributed by atoms with E-state index in [-0.39, 0.29) is 11.1 Å². The molecule has 0 fully saturated rings. The van der Waals surface area contributed by atoms with Crippen LogP contribution >= 0.6 is 0 Å². The highest BCUT2D eigenvalue weighted by atomic mass is 19.1. The molecule has 32 heavy (non-hydrogen) atoms. The monoisotopic (exact) mass is 427 g/mol. The minimum Gasteiger partial charge on any atom is -0.206 e. The van der Waals surface area contributed by atoms with Crippen LogP contribution in [0.3, 0.4) is 0 Å². The van der Waals surface area contributed by atoms with Gasteiger partial charge in [0.2, 0.25) is 0 Å². The van der Waals surface area contributed by atoms with E-state index in [0.717, 1.165) is 24.1 Å². The van der Waals surface area contributed by atoms with E-state index in [1.807, 2.05) is 42.5 Å². The molecule has 0 aliphatic rings. The third kappa shape index (κ3) is 4.43. The highest BCUT2D eigenvalue weighted by molar-refractivity contribution is 5.71. The van der Waals surface area contributed by atoms with E-state index in [0.29, 0.717) is 11.5 Å². The summed E-state index contributed by atoms with van der Waals surface area (Å²) in [5, 5.41) is 8.80. The van der Waals surface area contributed by atoms with E-state index in [1.165, 1.54) is 29.3 Å². The summed E-state index contributed by atoms with van der Waals surface area (Å²) in [6, 6.07) is 26.3. The third-order valence-corrected chi connectivity index (χ3v) is 5.63. The second-order valence-corrected chi connectivity index (χ2v) is 7.83. The van der Waals surface area contributed by atoms with Crippen LogP contribution in [0.4, 0.5) is 13.2 Å². The van der Waals surface area contributed by atoms with Gasteiger partial charge in [0.25, 0.3) is 0 Å². The summed E-state index contributed by atoms with van der Waals surface area (Å²) >= 11 is 0. The molecule has 4 aromatic rings. The van der Waals surface area contributed by atoms with Crippen LogP contribution in [0.25, 0.3) is 22.3 Å². The Hall–Kier alpha value is -3.84. The number of hydrogen-bond donors (Lipinski definition) is 0. The Balaban J connectivity index is 1.55. The molecule has 0 amide bonds. The summed E-state index contributed by atoms with van der Waals surface area (Å²) in [4.78, 5) is 0. The molecule has 4 heteroatoms. The molecule has 0 aliphatic carbocycles. The van der Waals surface area contributed by atoms with Crippen LogP contribution in [0.15, 0.2) is 84.9 Å². The average molecular weight is 427 g/mol. The fourth-order valence-corrected chi connectivity index (χ4v) is 3.85. The minimum atomic E-state index is -1.01. The van der Waals surface area contributed by atoms with E-state index in [2.05, 4.69) is 19.1 Å². The van der Waals surface area contributed by atoms with E-state index >= 15 is 0 Å². The maximum absolute atomic E-state index is 14.8. The van der Waals surface area contributed by atoms with Crippen molar-refractivity contribution in [1.82, 2.24) is 0 Å². The summed E-state index contributed by atoms with van der Waals surface area (Å²) in [5.74, 6) is -2.22. The van der Waals surface area contributed by atoms with Crippen LogP contribution in [0.2, 0.25) is 0 Å². The zero-order valence-corrected chi connectivity index (χ0v) is 17.4. The first kappa shape index (κ1) is 21.4. The van der Waals surface area contributed by atoms with Crippen molar-refractivity contribution in [3.8, 4) is 28.3 Å². The Bertz CT molecular complexity index is 1270. The molecular weight excluding hydrogens is 407 g/mol. The van der Waals surface area contributed by atoms with Crippen molar-refractivity contribution in [3.05, 3.63) is 119 Å². The number of benzene rings is 4. The van der Waals surface area contributed by atoms with Crippen molar-refractivity contribution >= 4 is 0 Å². The van der Waals surface area contributed by atoms with Crippen LogP contribution in [0, 0.1) is 28.8 Å². The van der Waals surface area contributed by atoms with Crippen molar-refractivity contribution in [2.75, 3.05) is 0 Å².